The normalized spacial score (nSPS) is 12.6. The molecule has 0 bridgehead atoms. The zero-order valence-corrected chi connectivity index (χ0v) is 19.1. The van der Waals surface area contributed by atoms with Crippen molar-refractivity contribution in [3.63, 3.8) is 0 Å². The minimum absolute atomic E-state index is 0.328. The number of aryl methyl sites for hydroxylation is 1. The summed E-state index contributed by atoms with van der Waals surface area (Å²) in [7, 11) is 1.40. The molecule has 3 N–H and O–H groups in total. The Morgan fingerprint density at radius 3 is 2.52 bits per heavy atom. The number of fused-ring (bicyclic) bond motifs is 1. The lowest BCUT2D eigenvalue weighted by Gasteiger charge is -2.13. The van der Waals surface area contributed by atoms with Crippen molar-refractivity contribution in [3.8, 4) is 0 Å². The van der Waals surface area contributed by atoms with Crippen LogP contribution in [0.15, 0.2) is 36.4 Å². The molecule has 1 aliphatic rings. The van der Waals surface area contributed by atoms with E-state index in [9.17, 15) is 4.79 Å². The Hall–Kier alpha value is -2.75. The fourth-order valence-corrected chi connectivity index (χ4v) is 5.07. The number of anilines is 4. The van der Waals surface area contributed by atoms with Gasteiger partial charge in [0.2, 0.25) is 0 Å². The molecule has 1 aromatic carbocycles. The maximum absolute atomic E-state index is 12.4. The first kappa shape index (κ1) is 21.5. The Bertz CT molecular complexity index is 1100. The first-order valence-corrected chi connectivity index (χ1v) is 11.3. The van der Waals surface area contributed by atoms with Crippen LogP contribution in [0.25, 0.3) is 0 Å². The van der Waals surface area contributed by atoms with Gasteiger partial charge in [-0.05, 0) is 79.9 Å². The zero-order chi connectivity index (χ0) is 21.8. The number of nitrogens with one attached hydrogen (secondary N) is 3. The van der Waals surface area contributed by atoms with E-state index in [0.717, 1.165) is 47.6 Å². The molecule has 0 aliphatic heterocycles. The number of hydrogen-bond acceptors (Lipinski definition) is 7. The number of nitrogens with zero attached hydrogens (tertiary/aromatic N) is 2. The van der Waals surface area contributed by atoms with Crippen molar-refractivity contribution in [1.82, 2.24) is 10.2 Å². The number of esters is 1. The van der Waals surface area contributed by atoms with E-state index in [1.54, 1.807) is 23.5 Å². The van der Waals surface area contributed by atoms with E-state index in [4.69, 9.17) is 28.6 Å². The molecule has 31 heavy (non-hydrogen) atoms. The lowest BCUT2D eigenvalue weighted by Crippen LogP contribution is -2.20. The van der Waals surface area contributed by atoms with Gasteiger partial charge in [0.1, 0.15) is 5.00 Å². The second-order valence-electron chi connectivity index (χ2n) is 6.93. The minimum atomic E-state index is -0.328. The lowest BCUT2D eigenvalue weighted by atomic mass is 9.95. The van der Waals surface area contributed by atoms with Crippen molar-refractivity contribution in [3.05, 3.63) is 57.6 Å². The third-order valence-electron chi connectivity index (χ3n) is 4.84. The number of carbonyl (C=O) groups excluding carboxylic acids is 1. The Balaban J connectivity index is 1.42. The van der Waals surface area contributed by atoms with Crippen LogP contribution in [0, 0.1) is 0 Å². The van der Waals surface area contributed by atoms with E-state index in [1.807, 2.05) is 24.3 Å². The molecule has 0 radical (unpaired) electrons. The van der Waals surface area contributed by atoms with E-state index in [0.29, 0.717) is 21.6 Å². The quantitative estimate of drug-likeness (QED) is 0.335. The van der Waals surface area contributed by atoms with Crippen LogP contribution < -0.4 is 16.0 Å². The number of halogens is 1. The Morgan fingerprint density at radius 1 is 1.06 bits per heavy atom. The van der Waals surface area contributed by atoms with Gasteiger partial charge in [-0.15, -0.1) is 21.5 Å². The average molecular weight is 474 g/mol. The van der Waals surface area contributed by atoms with Gasteiger partial charge < -0.3 is 20.7 Å². The molecule has 10 heteroatoms. The van der Waals surface area contributed by atoms with Crippen molar-refractivity contribution in [2.45, 2.75) is 25.7 Å². The number of hydrogen-bond donors (Lipinski definition) is 3. The number of thiocarbonyl (C=S) groups is 1. The molecular formula is C21H20ClN5O2S2. The van der Waals surface area contributed by atoms with E-state index in [2.05, 4.69) is 26.1 Å². The molecule has 2 aromatic heterocycles. The van der Waals surface area contributed by atoms with Crippen LogP contribution in [0.5, 0.6) is 0 Å². The SMILES string of the molecule is COC(=O)c1c(NC(=S)Nc2ccc(Nc3ccc(Cl)nn3)cc2)sc2c1CCCC2. The van der Waals surface area contributed by atoms with Crippen LogP contribution in [-0.4, -0.2) is 28.4 Å². The van der Waals surface area contributed by atoms with Crippen LogP contribution in [0.2, 0.25) is 5.15 Å². The predicted octanol–water partition coefficient (Wildman–Crippen LogP) is 5.41. The lowest BCUT2D eigenvalue weighted by molar-refractivity contribution is 0.0601. The Kier molecular flexibility index (Phi) is 6.64. The van der Waals surface area contributed by atoms with Crippen molar-refractivity contribution in [1.29, 1.82) is 0 Å². The van der Waals surface area contributed by atoms with Gasteiger partial charge in [-0.3, -0.25) is 0 Å². The fraction of sp³-hybridized carbons (Fsp3) is 0.238. The summed E-state index contributed by atoms with van der Waals surface area (Å²) in [5.41, 5.74) is 3.36. The van der Waals surface area contributed by atoms with Gasteiger partial charge in [0, 0.05) is 16.3 Å². The van der Waals surface area contributed by atoms with Gasteiger partial charge in [0.25, 0.3) is 0 Å². The van der Waals surface area contributed by atoms with Crippen molar-refractivity contribution in [2.75, 3.05) is 23.1 Å². The highest BCUT2D eigenvalue weighted by atomic mass is 35.5. The summed E-state index contributed by atoms with van der Waals surface area (Å²) in [5.74, 6) is 0.268. The molecule has 0 fully saturated rings. The molecule has 160 valence electrons. The summed E-state index contributed by atoms with van der Waals surface area (Å²) in [6, 6.07) is 11.0. The Morgan fingerprint density at radius 2 is 1.81 bits per heavy atom. The van der Waals surface area contributed by atoms with Gasteiger partial charge in [0.05, 0.1) is 12.7 Å². The van der Waals surface area contributed by atoms with Gasteiger partial charge >= 0.3 is 5.97 Å². The number of thiophene rings is 1. The second-order valence-corrected chi connectivity index (χ2v) is 8.83. The van der Waals surface area contributed by atoms with Crippen LogP contribution in [0.3, 0.4) is 0 Å². The van der Waals surface area contributed by atoms with Crippen LogP contribution in [-0.2, 0) is 17.6 Å². The molecule has 2 heterocycles. The fourth-order valence-electron chi connectivity index (χ4n) is 3.40. The first-order chi connectivity index (χ1) is 15.0. The molecule has 0 saturated carbocycles. The second kappa shape index (κ2) is 9.59. The molecule has 3 aromatic rings. The maximum Gasteiger partial charge on any atom is 0.341 e. The monoisotopic (exact) mass is 473 g/mol. The van der Waals surface area contributed by atoms with Gasteiger partial charge in [-0.25, -0.2) is 4.79 Å². The number of methoxy groups -OCH3 is 1. The Labute approximate surface area is 194 Å². The van der Waals surface area contributed by atoms with E-state index < -0.39 is 0 Å². The van der Waals surface area contributed by atoms with Gasteiger partial charge in [0.15, 0.2) is 16.1 Å². The van der Waals surface area contributed by atoms with E-state index in [1.165, 1.54) is 12.0 Å². The highest BCUT2D eigenvalue weighted by molar-refractivity contribution is 7.80. The summed E-state index contributed by atoms with van der Waals surface area (Å²) >= 11 is 12.8. The molecule has 0 saturated heterocycles. The highest BCUT2D eigenvalue weighted by Crippen LogP contribution is 2.38. The van der Waals surface area contributed by atoms with Crippen LogP contribution in [0.4, 0.5) is 22.2 Å². The molecule has 1 aliphatic carbocycles. The third kappa shape index (κ3) is 5.12. The topological polar surface area (TPSA) is 88.2 Å². The average Bonchev–Trinajstić information content (AvgIpc) is 3.13. The molecule has 7 nitrogen and oxygen atoms in total. The summed E-state index contributed by atoms with van der Waals surface area (Å²) in [5, 5.41) is 18.7. The van der Waals surface area contributed by atoms with E-state index in [-0.39, 0.29) is 5.97 Å². The number of ether oxygens (including phenoxy) is 1. The van der Waals surface area contributed by atoms with Crippen molar-refractivity contribution >= 4 is 68.4 Å². The van der Waals surface area contributed by atoms with Crippen LogP contribution >= 0.6 is 35.2 Å². The first-order valence-electron chi connectivity index (χ1n) is 9.70. The molecule has 4 rings (SSSR count). The standard InChI is InChI=1S/C21H20ClN5O2S2/c1-29-20(28)18-14-4-2-3-5-15(14)31-19(18)25-21(30)24-13-8-6-12(7-9-13)23-17-11-10-16(22)26-27-17/h6-11H,2-5H2,1H3,(H,23,27)(H2,24,25,30). The van der Waals surface area contributed by atoms with Gasteiger partial charge in [-0.2, -0.15) is 0 Å². The summed E-state index contributed by atoms with van der Waals surface area (Å²) < 4.78 is 5.01. The highest BCUT2D eigenvalue weighted by Gasteiger charge is 2.26. The van der Waals surface area contributed by atoms with Gasteiger partial charge in [-0.1, -0.05) is 11.6 Å². The number of benzene rings is 1. The van der Waals surface area contributed by atoms with Crippen LogP contribution in [0.1, 0.15) is 33.6 Å². The van der Waals surface area contributed by atoms with Crippen molar-refractivity contribution in [2.24, 2.45) is 0 Å². The number of aromatic nitrogens is 2. The van der Waals surface area contributed by atoms with Crippen molar-refractivity contribution < 1.29 is 9.53 Å². The maximum atomic E-state index is 12.4. The largest absolute Gasteiger partial charge is 0.465 e. The number of carbonyl (C=O) groups is 1. The molecule has 0 amide bonds. The third-order valence-corrected chi connectivity index (χ3v) is 6.45. The number of rotatable bonds is 5. The minimum Gasteiger partial charge on any atom is -0.465 e. The zero-order valence-electron chi connectivity index (χ0n) is 16.7. The smallest absolute Gasteiger partial charge is 0.341 e. The summed E-state index contributed by atoms with van der Waals surface area (Å²) in [4.78, 5) is 13.6. The molecule has 0 spiro atoms. The summed E-state index contributed by atoms with van der Waals surface area (Å²) in [6.45, 7) is 0. The summed E-state index contributed by atoms with van der Waals surface area (Å²) in [6.07, 6.45) is 4.10. The van der Waals surface area contributed by atoms with E-state index >= 15 is 0 Å². The molecule has 0 unspecified atom stereocenters. The predicted molar refractivity (Wildman–Crippen MR) is 129 cm³/mol. The molecule has 0 atom stereocenters. The molecular weight excluding hydrogens is 454 g/mol.